The van der Waals surface area contributed by atoms with Gasteiger partial charge in [0.15, 0.2) is 0 Å². The van der Waals surface area contributed by atoms with E-state index in [9.17, 15) is 0 Å². The van der Waals surface area contributed by atoms with Gasteiger partial charge < -0.3 is 10.6 Å². The van der Waals surface area contributed by atoms with Crippen molar-refractivity contribution in [1.29, 1.82) is 0 Å². The van der Waals surface area contributed by atoms with Gasteiger partial charge in [0.2, 0.25) is 0 Å². The van der Waals surface area contributed by atoms with E-state index < -0.39 is 0 Å². The standard InChI is InChI=1S/C13H20N4/c1-4-11-12(5-1)16-9-17-13(11)15-8-6-10-3-2-7-14-10/h9-10,14H,1-8H2,(H,15,16,17). The highest BCUT2D eigenvalue weighted by Gasteiger charge is 2.17. The first-order valence-corrected chi connectivity index (χ1v) is 6.73. The minimum atomic E-state index is 0.706. The molecule has 1 aromatic heterocycles. The van der Waals surface area contributed by atoms with Gasteiger partial charge in [0.1, 0.15) is 12.1 Å². The van der Waals surface area contributed by atoms with Crippen molar-refractivity contribution in [2.75, 3.05) is 18.4 Å². The first-order chi connectivity index (χ1) is 8.43. The molecule has 3 rings (SSSR count). The van der Waals surface area contributed by atoms with Crippen LogP contribution >= 0.6 is 0 Å². The third-order valence-electron chi connectivity index (χ3n) is 3.82. The fraction of sp³-hybridized carbons (Fsp3) is 0.692. The molecule has 1 aliphatic heterocycles. The number of anilines is 1. The normalized spacial score (nSPS) is 22.7. The average Bonchev–Trinajstić information content (AvgIpc) is 2.99. The van der Waals surface area contributed by atoms with E-state index in [0.29, 0.717) is 6.04 Å². The summed E-state index contributed by atoms with van der Waals surface area (Å²) in [7, 11) is 0. The average molecular weight is 232 g/mol. The van der Waals surface area contributed by atoms with Crippen molar-refractivity contribution < 1.29 is 0 Å². The number of rotatable bonds is 4. The lowest BCUT2D eigenvalue weighted by Crippen LogP contribution is -2.24. The predicted octanol–water partition coefficient (Wildman–Crippen LogP) is 1.52. The summed E-state index contributed by atoms with van der Waals surface area (Å²) in [5.74, 6) is 1.07. The molecule has 1 saturated heterocycles. The van der Waals surface area contributed by atoms with Crippen molar-refractivity contribution in [3.63, 3.8) is 0 Å². The van der Waals surface area contributed by atoms with E-state index in [-0.39, 0.29) is 0 Å². The number of nitrogens with one attached hydrogen (secondary N) is 2. The predicted molar refractivity (Wildman–Crippen MR) is 68.2 cm³/mol. The highest BCUT2D eigenvalue weighted by molar-refractivity contribution is 5.47. The van der Waals surface area contributed by atoms with Gasteiger partial charge in [-0.05, 0) is 45.1 Å². The zero-order valence-corrected chi connectivity index (χ0v) is 10.2. The smallest absolute Gasteiger partial charge is 0.132 e. The van der Waals surface area contributed by atoms with Gasteiger partial charge in [0.25, 0.3) is 0 Å². The Hall–Kier alpha value is -1.16. The maximum absolute atomic E-state index is 4.37. The second-order valence-electron chi connectivity index (χ2n) is 5.01. The van der Waals surface area contributed by atoms with Gasteiger partial charge in [0.05, 0.1) is 0 Å². The second-order valence-corrected chi connectivity index (χ2v) is 5.01. The van der Waals surface area contributed by atoms with Crippen molar-refractivity contribution in [2.45, 2.75) is 44.6 Å². The zero-order chi connectivity index (χ0) is 11.5. The summed E-state index contributed by atoms with van der Waals surface area (Å²) < 4.78 is 0. The lowest BCUT2D eigenvalue weighted by atomic mass is 10.1. The Morgan fingerprint density at radius 1 is 1.29 bits per heavy atom. The summed E-state index contributed by atoms with van der Waals surface area (Å²) in [6.45, 7) is 2.20. The van der Waals surface area contributed by atoms with E-state index in [2.05, 4.69) is 20.6 Å². The molecule has 1 unspecified atom stereocenters. The maximum Gasteiger partial charge on any atom is 0.132 e. The highest BCUT2D eigenvalue weighted by atomic mass is 15.0. The first kappa shape index (κ1) is 11.0. The van der Waals surface area contributed by atoms with Crippen LogP contribution < -0.4 is 10.6 Å². The van der Waals surface area contributed by atoms with E-state index in [1.165, 1.54) is 43.5 Å². The molecule has 1 atom stereocenters. The lowest BCUT2D eigenvalue weighted by Gasteiger charge is -2.12. The Balaban J connectivity index is 1.56. The molecule has 17 heavy (non-hydrogen) atoms. The number of aryl methyl sites for hydroxylation is 1. The van der Waals surface area contributed by atoms with Crippen molar-refractivity contribution >= 4 is 5.82 Å². The molecule has 0 saturated carbocycles. The largest absolute Gasteiger partial charge is 0.370 e. The van der Waals surface area contributed by atoms with Crippen molar-refractivity contribution in [3.8, 4) is 0 Å². The van der Waals surface area contributed by atoms with Crippen LogP contribution in [-0.2, 0) is 12.8 Å². The van der Waals surface area contributed by atoms with Crippen LogP contribution in [0.25, 0.3) is 0 Å². The maximum atomic E-state index is 4.37. The third kappa shape index (κ3) is 2.41. The van der Waals surface area contributed by atoms with Crippen LogP contribution in [0.3, 0.4) is 0 Å². The fourth-order valence-corrected chi connectivity index (χ4v) is 2.88. The summed E-state index contributed by atoms with van der Waals surface area (Å²) in [5, 5.41) is 7.00. The van der Waals surface area contributed by atoms with Crippen LogP contribution in [-0.4, -0.2) is 29.1 Å². The van der Waals surface area contributed by atoms with Crippen LogP contribution in [0.1, 0.15) is 36.9 Å². The Morgan fingerprint density at radius 2 is 2.29 bits per heavy atom. The minimum absolute atomic E-state index is 0.706. The van der Waals surface area contributed by atoms with Crippen LogP contribution in [0.2, 0.25) is 0 Å². The van der Waals surface area contributed by atoms with Gasteiger partial charge in [0, 0.05) is 23.8 Å². The Kier molecular flexibility index (Phi) is 3.22. The van der Waals surface area contributed by atoms with Gasteiger partial charge in [-0.15, -0.1) is 0 Å². The van der Waals surface area contributed by atoms with E-state index in [4.69, 9.17) is 0 Å². The Labute approximate surface area is 102 Å². The van der Waals surface area contributed by atoms with Crippen molar-refractivity contribution in [1.82, 2.24) is 15.3 Å². The number of hydrogen-bond donors (Lipinski definition) is 2. The van der Waals surface area contributed by atoms with Crippen LogP contribution in [0.4, 0.5) is 5.82 Å². The fourth-order valence-electron chi connectivity index (χ4n) is 2.88. The summed E-state index contributed by atoms with van der Waals surface area (Å²) in [5.41, 5.74) is 2.60. The van der Waals surface area contributed by atoms with Gasteiger partial charge >= 0.3 is 0 Å². The van der Waals surface area contributed by atoms with Crippen LogP contribution in [0.15, 0.2) is 6.33 Å². The molecule has 2 aliphatic rings. The summed E-state index contributed by atoms with van der Waals surface area (Å²) in [4.78, 5) is 8.71. The van der Waals surface area contributed by atoms with E-state index in [1.807, 2.05) is 0 Å². The number of aromatic nitrogens is 2. The van der Waals surface area contributed by atoms with E-state index >= 15 is 0 Å². The molecule has 0 amide bonds. The molecule has 4 heteroatoms. The topological polar surface area (TPSA) is 49.8 Å². The molecule has 1 aliphatic carbocycles. The van der Waals surface area contributed by atoms with Crippen LogP contribution in [0, 0.1) is 0 Å². The molecule has 0 aromatic carbocycles. The molecular weight excluding hydrogens is 212 g/mol. The first-order valence-electron chi connectivity index (χ1n) is 6.73. The molecule has 0 spiro atoms. The Morgan fingerprint density at radius 3 is 3.18 bits per heavy atom. The van der Waals surface area contributed by atoms with E-state index in [0.717, 1.165) is 25.2 Å². The van der Waals surface area contributed by atoms with Gasteiger partial charge in [-0.1, -0.05) is 0 Å². The molecule has 4 nitrogen and oxygen atoms in total. The van der Waals surface area contributed by atoms with Gasteiger partial charge in [-0.3, -0.25) is 0 Å². The third-order valence-corrected chi connectivity index (χ3v) is 3.82. The monoisotopic (exact) mass is 232 g/mol. The van der Waals surface area contributed by atoms with Gasteiger partial charge in [-0.25, -0.2) is 9.97 Å². The quantitative estimate of drug-likeness (QED) is 0.826. The molecule has 0 radical (unpaired) electrons. The van der Waals surface area contributed by atoms with Crippen molar-refractivity contribution in [2.24, 2.45) is 0 Å². The van der Waals surface area contributed by atoms with Crippen LogP contribution in [0.5, 0.6) is 0 Å². The molecular formula is C13H20N4. The number of hydrogen-bond acceptors (Lipinski definition) is 4. The Bertz CT molecular complexity index is 385. The number of fused-ring (bicyclic) bond motifs is 1. The lowest BCUT2D eigenvalue weighted by molar-refractivity contribution is 0.574. The summed E-state index contributed by atoms with van der Waals surface area (Å²) in [6, 6.07) is 0.706. The molecule has 92 valence electrons. The summed E-state index contributed by atoms with van der Waals surface area (Å²) >= 11 is 0. The molecule has 1 fully saturated rings. The number of nitrogens with zero attached hydrogens (tertiary/aromatic N) is 2. The molecule has 1 aromatic rings. The molecule has 2 heterocycles. The molecule has 2 N–H and O–H groups in total. The summed E-state index contributed by atoms with van der Waals surface area (Å²) in [6.07, 6.45) is 9.03. The van der Waals surface area contributed by atoms with E-state index in [1.54, 1.807) is 6.33 Å². The highest BCUT2D eigenvalue weighted by Crippen LogP contribution is 2.25. The zero-order valence-electron chi connectivity index (χ0n) is 10.2. The second kappa shape index (κ2) is 5.00. The van der Waals surface area contributed by atoms with Gasteiger partial charge in [-0.2, -0.15) is 0 Å². The molecule has 0 bridgehead atoms. The van der Waals surface area contributed by atoms with Crippen molar-refractivity contribution in [3.05, 3.63) is 17.6 Å². The minimum Gasteiger partial charge on any atom is -0.370 e. The SMILES string of the molecule is c1nc2c(c(NCCC3CCCN3)n1)CCC2.